The van der Waals surface area contributed by atoms with Crippen LogP contribution in [0, 0.1) is 20.8 Å². The highest BCUT2D eigenvalue weighted by molar-refractivity contribution is 9.10. The number of carboxylic acids is 1. The Kier molecular flexibility index (Phi) is 3.55. The average Bonchev–Trinajstić information content (AvgIpc) is 2.14. The van der Waals surface area contributed by atoms with Gasteiger partial charge in [0.1, 0.15) is 0 Å². The van der Waals surface area contributed by atoms with E-state index in [1.165, 1.54) is 0 Å². The summed E-state index contributed by atoms with van der Waals surface area (Å²) in [6.45, 7) is 7.65. The molecule has 0 amide bonds. The van der Waals surface area contributed by atoms with Crippen molar-refractivity contribution in [3.05, 3.63) is 32.8 Å². The summed E-state index contributed by atoms with van der Waals surface area (Å²) < 4.78 is 1.01. The van der Waals surface area contributed by atoms with Crippen LogP contribution in [0.15, 0.2) is 10.5 Å². The average molecular weight is 271 g/mol. The summed E-state index contributed by atoms with van der Waals surface area (Å²) in [7, 11) is 0. The second-order valence-corrected chi connectivity index (χ2v) is 4.72. The molecular formula is C12H15BrO2. The molecule has 0 saturated carbocycles. The van der Waals surface area contributed by atoms with Gasteiger partial charge in [-0.1, -0.05) is 22.0 Å². The molecule has 0 heterocycles. The first kappa shape index (κ1) is 12.2. The minimum Gasteiger partial charge on any atom is -0.481 e. The van der Waals surface area contributed by atoms with E-state index in [1.54, 1.807) is 6.92 Å². The van der Waals surface area contributed by atoms with E-state index in [0.29, 0.717) is 0 Å². The number of aryl methyl sites for hydroxylation is 2. The van der Waals surface area contributed by atoms with E-state index in [0.717, 1.165) is 26.7 Å². The normalized spacial score (nSPS) is 12.6. The Morgan fingerprint density at radius 1 is 1.33 bits per heavy atom. The van der Waals surface area contributed by atoms with E-state index in [1.807, 2.05) is 26.8 Å². The molecule has 0 aliphatic heterocycles. The summed E-state index contributed by atoms with van der Waals surface area (Å²) in [5.41, 5.74) is 4.14. The van der Waals surface area contributed by atoms with E-state index >= 15 is 0 Å². The molecule has 0 saturated heterocycles. The number of aliphatic carboxylic acids is 1. The van der Waals surface area contributed by atoms with Gasteiger partial charge in [-0.05, 0) is 49.9 Å². The van der Waals surface area contributed by atoms with E-state index < -0.39 is 11.9 Å². The third-order valence-corrected chi connectivity index (χ3v) is 3.96. The lowest BCUT2D eigenvalue weighted by Crippen LogP contribution is -2.11. The molecule has 1 aromatic carbocycles. The first-order valence-electron chi connectivity index (χ1n) is 4.85. The van der Waals surface area contributed by atoms with E-state index in [-0.39, 0.29) is 0 Å². The Morgan fingerprint density at radius 2 is 1.87 bits per heavy atom. The number of benzene rings is 1. The molecule has 1 atom stereocenters. The molecule has 82 valence electrons. The van der Waals surface area contributed by atoms with E-state index in [9.17, 15) is 4.79 Å². The van der Waals surface area contributed by atoms with Crippen LogP contribution >= 0.6 is 15.9 Å². The standard InChI is InChI=1S/C12H15BrO2/c1-6-5-7(2)11(13)8(3)10(6)9(4)12(14)15/h5,9H,1-4H3,(H,14,15). The molecule has 0 aromatic heterocycles. The number of rotatable bonds is 2. The maximum atomic E-state index is 11.0. The highest BCUT2D eigenvalue weighted by atomic mass is 79.9. The smallest absolute Gasteiger partial charge is 0.310 e. The number of halogens is 1. The van der Waals surface area contributed by atoms with Crippen molar-refractivity contribution >= 4 is 21.9 Å². The fourth-order valence-electron chi connectivity index (χ4n) is 1.97. The van der Waals surface area contributed by atoms with E-state index in [4.69, 9.17) is 5.11 Å². The van der Waals surface area contributed by atoms with Crippen LogP contribution in [0.2, 0.25) is 0 Å². The molecule has 1 N–H and O–H groups in total. The molecule has 0 fully saturated rings. The summed E-state index contributed by atoms with van der Waals surface area (Å²) >= 11 is 3.49. The quantitative estimate of drug-likeness (QED) is 0.892. The molecule has 1 rings (SSSR count). The highest BCUT2D eigenvalue weighted by Gasteiger charge is 2.20. The number of hydrogen-bond acceptors (Lipinski definition) is 1. The third kappa shape index (κ3) is 2.23. The molecular weight excluding hydrogens is 256 g/mol. The van der Waals surface area contributed by atoms with Crippen LogP contribution in [-0.4, -0.2) is 11.1 Å². The van der Waals surface area contributed by atoms with Crippen molar-refractivity contribution in [2.45, 2.75) is 33.6 Å². The van der Waals surface area contributed by atoms with Gasteiger partial charge in [0.25, 0.3) is 0 Å². The Hall–Kier alpha value is -0.830. The molecule has 0 aliphatic carbocycles. The molecule has 0 aliphatic rings. The Bertz CT molecular complexity index is 411. The summed E-state index contributed by atoms with van der Waals surface area (Å²) in [6.07, 6.45) is 0. The maximum Gasteiger partial charge on any atom is 0.310 e. The van der Waals surface area contributed by atoms with Crippen molar-refractivity contribution < 1.29 is 9.90 Å². The van der Waals surface area contributed by atoms with Crippen LogP contribution in [0.1, 0.15) is 35.1 Å². The summed E-state index contributed by atoms with van der Waals surface area (Å²) in [5, 5.41) is 9.03. The monoisotopic (exact) mass is 270 g/mol. The lowest BCUT2D eigenvalue weighted by molar-refractivity contribution is -0.138. The number of hydrogen-bond donors (Lipinski definition) is 1. The van der Waals surface area contributed by atoms with Gasteiger partial charge in [0.05, 0.1) is 5.92 Å². The summed E-state index contributed by atoms with van der Waals surface area (Å²) in [4.78, 5) is 11.0. The Labute approximate surface area is 98.4 Å². The highest BCUT2D eigenvalue weighted by Crippen LogP contribution is 2.31. The largest absolute Gasteiger partial charge is 0.481 e. The van der Waals surface area contributed by atoms with Crippen molar-refractivity contribution in [3.63, 3.8) is 0 Å². The van der Waals surface area contributed by atoms with Gasteiger partial charge < -0.3 is 5.11 Å². The van der Waals surface area contributed by atoms with Crippen LogP contribution in [-0.2, 0) is 4.79 Å². The lowest BCUT2D eigenvalue weighted by atomic mass is 9.90. The molecule has 1 unspecified atom stereocenters. The van der Waals surface area contributed by atoms with Crippen molar-refractivity contribution in [1.29, 1.82) is 0 Å². The molecule has 1 aromatic rings. The van der Waals surface area contributed by atoms with Crippen molar-refractivity contribution in [2.75, 3.05) is 0 Å². The van der Waals surface area contributed by atoms with Crippen molar-refractivity contribution in [2.24, 2.45) is 0 Å². The first-order valence-corrected chi connectivity index (χ1v) is 5.64. The lowest BCUT2D eigenvalue weighted by Gasteiger charge is -2.17. The molecule has 15 heavy (non-hydrogen) atoms. The Balaban J connectivity index is 3.42. The van der Waals surface area contributed by atoms with Crippen LogP contribution < -0.4 is 0 Å². The summed E-state index contributed by atoms with van der Waals surface area (Å²) in [5.74, 6) is -1.24. The van der Waals surface area contributed by atoms with Gasteiger partial charge in [0, 0.05) is 4.47 Å². The second-order valence-electron chi connectivity index (χ2n) is 3.92. The van der Waals surface area contributed by atoms with Gasteiger partial charge in [-0.2, -0.15) is 0 Å². The fourth-order valence-corrected chi connectivity index (χ4v) is 2.29. The molecule has 3 heteroatoms. The number of carboxylic acid groups (broad SMARTS) is 1. The Morgan fingerprint density at radius 3 is 2.33 bits per heavy atom. The fraction of sp³-hybridized carbons (Fsp3) is 0.417. The predicted molar refractivity (Wildman–Crippen MR) is 64.4 cm³/mol. The van der Waals surface area contributed by atoms with Crippen LogP contribution in [0.4, 0.5) is 0 Å². The van der Waals surface area contributed by atoms with Gasteiger partial charge in [-0.15, -0.1) is 0 Å². The molecule has 0 bridgehead atoms. The van der Waals surface area contributed by atoms with Crippen molar-refractivity contribution in [3.8, 4) is 0 Å². The zero-order valence-electron chi connectivity index (χ0n) is 9.39. The maximum absolute atomic E-state index is 11.0. The van der Waals surface area contributed by atoms with Crippen LogP contribution in [0.5, 0.6) is 0 Å². The minimum atomic E-state index is -0.781. The third-order valence-electron chi connectivity index (χ3n) is 2.74. The second kappa shape index (κ2) is 4.35. The molecule has 0 radical (unpaired) electrons. The van der Waals surface area contributed by atoms with Crippen LogP contribution in [0.25, 0.3) is 0 Å². The zero-order chi connectivity index (χ0) is 11.7. The van der Waals surface area contributed by atoms with Gasteiger partial charge in [0.2, 0.25) is 0 Å². The topological polar surface area (TPSA) is 37.3 Å². The van der Waals surface area contributed by atoms with Gasteiger partial charge in [-0.25, -0.2) is 0 Å². The van der Waals surface area contributed by atoms with Gasteiger partial charge in [-0.3, -0.25) is 4.79 Å². The van der Waals surface area contributed by atoms with Crippen LogP contribution in [0.3, 0.4) is 0 Å². The summed E-state index contributed by atoms with van der Waals surface area (Å²) in [6, 6.07) is 2.02. The molecule has 0 spiro atoms. The first-order chi connectivity index (χ1) is 6.86. The SMILES string of the molecule is Cc1cc(C)c(C(C)C(=O)O)c(C)c1Br. The predicted octanol–water partition coefficient (Wildman–Crippen LogP) is 3.56. The minimum absolute atomic E-state index is 0.457. The van der Waals surface area contributed by atoms with Gasteiger partial charge >= 0.3 is 5.97 Å². The number of carbonyl (C=O) groups is 1. The van der Waals surface area contributed by atoms with Gasteiger partial charge in [0.15, 0.2) is 0 Å². The van der Waals surface area contributed by atoms with Crippen molar-refractivity contribution in [1.82, 2.24) is 0 Å². The zero-order valence-corrected chi connectivity index (χ0v) is 11.0. The molecule has 2 nitrogen and oxygen atoms in total. The van der Waals surface area contributed by atoms with E-state index in [2.05, 4.69) is 15.9 Å².